The number of nitrogens with zero attached hydrogens (tertiary/aromatic N) is 2. The number of hydrogen-bond donors (Lipinski definition) is 2. The molecule has 1 saturated heterocycles. The van der Waals surface area contributed by atoms with Gasteiger partial charge < -0.3 is 15.2 Å². The van der Waals surface area contributed by atoms with E-state index in [0.29, 0.717) is 32.5 Å². The molecule has 7 nitrogen and oxygen atoms in total. The van der Waals surface area contributed by atoms with Crippen LogP contribution in [0, 0.1) is 11.7 Å². The quantitative estimate of drug-likeness (QED) is 0.587. The lowest BCUT2D eigenvalue weighted by Crippen LogP contribution is -2.42. The topological polar surface area (TPSA) is 87.2 Å². The molecule has 0 spiro atoms. The number of piperidine rings is 1. The average Bonchev–Trinajstić information content (AvgIpc) is 2.78. The number of aryl methyl sites for hydroxylation is 1. The number of aromatic nitrogens is 2. The van der Waals surface area contributed by atoms with Gasteiger partial charge in [-0.05, 0) is 87.3 Å². The molecule has 2 N–H and O–H groups in total. The lowest BCUT2D eigenvalue weighted by Gasteiger charge is -2.33. The summed E-state index contributed by atoms with van der Waals surface area (Å²) < 4.78 is 1.65. The van der Waals surface area contributed by atoms with Gasteiger partial charge in [-0.15, -0.1) is 0 Å². The summed E-state index contributed by atoms with van der Waals surface area (Å²) in [4.78, 5) is 43.0. The Labute approximate surface area is 191 Å². The van der Waals surface area contributed by atoms with Gasteiger partial charge in [0.05, 0.1) is 10.9 Å². The van der Waals surface area contributed by atoms with Crippen molar-refractivity contribution < 1.29 is 9.59 Å². The molecule has 0 saturated carbocycles. The Morgan fingerprint density at radius 2 is 1.88 bits per heavy atom. The molecule has 2 amide bonds. The van der Waals surface area contributed by atoms with Crippen LogP contribution >= 0.6 is 12.2 Å². The lowest BCUT2D eigenvalue weighted by atomic mass is 10.0. The molecule has 4 rings (SSSR count). The zero-order chi connectivity index (χ0) is 23.0. The Morgan fingerprint density at radius 3 is 2.59 bits per heavy atom. The Hall–Kier alpha value is -3.26. The summed E-state index contributed by atoms with van der Waals surface area (Å²) in [7, 11) is 1.60. The van der Waals surface area contributed by atoms with E-state index in [1.54, 1.807) is 37.4 Å². The minimum Gasteiger partial charge on any atom is -0.336 e. The molecule has 1 unspecified atom stereocenters. The third-order valence-corrected chi connectivity index (χ3v) is 6.52. The van der Waals surface area contributed by atoms with Gasteiger partial charge >= 0.3 is 0 Å². The second kappa shape index (κ2) is 8.70. The first-order valence-corrected chi connectivity index (χ1v) is 11.1. The molecule has 2 heterocycles. The normalized spacial score (nSPS) is 16.2. The van der Waals surface area contributed by atoms with Crippen molar-refractivity contribution in [2.45, 2.75) is 39.2 Å². The van der Waals surface area contributed by atoms with Gasteiger partial charge in [-0.25, -0.2) is 0 Å². The van der Waals surface area contributed by atoms with E-state index in [-0.39, 0.29) is 23.4 Å². The van der Waals surface area contributed by atoms with Gasteiger partial charge in [0.2, 0.25) is 0 Å². The number of nitrogens with one attached hydrogen (secondary N) is 2. The van der Waals surface area contributed by atoms with E-state index in [1.165, 1.54) is 4.57 Å². The largest absolute Gasteiger partial charge is 0.336 e. The number of carbonyl (C=O) groups is 2. The number of anilines is 1. The van der Waals surface area contributed by atoms with Crippen molar-refractivity contribution in [2.75, 3.05) is 11.9 Å². The Kier molecular flexibility index (Phi) is 5.97. The fourth-order valence-electron chi connectivity index (χ4n) is 4.14. The van der Waals surface area contributed by atoms with Gasteiger partial charge in [-0.3, -0.25) is 19.0 Å². The van der Waals surface area contributed by atoms with Crippen molar-refractivity contribution in [1.82, 2.24) is 14.5 Å². The van der Waals surface area contributed by atoms with E-state index in [9.17, 15) is 14.4 Å². The zero-order valence-corrected chi connectivity index (χ0v) is 19.2. The molecule has 0 radical (unpaired) electrons. The van der Waals surface area contributed by atoms with Gasteiger partial charge in [-0.2, -0.15) is 0 Å². The predicted molar refractivity (Wildman–Crippen MR) is 128 cm³/mol. The van der Waals surface area contributed by atoms with Crippen molar-refractivity contribution in [2.24, 2.45) is 7.05 Å². The standard InChI is InChI=1S/C24H26N4O3S/c1-14-12-17(22(30)28-11-5-4-6-15(28)2)8-10-19(14)25-21(29)16-7-9-18-20(13-16)26-24(32)27(3)23(18)31/h7-10,12-13,15H,4-6,11H2,1-3H3,(H,25,29)(H,26,32). The van der Waals surface area contributed by atoms with E-state index < -0.39 is 0 Å². The maximum absolute atomic E-state index is 12.9. The van der Waals surface area contributed by atoms with Gasteiger partial charge in [0.15, 0.2) is 4.77 Å². The van der Waals surface area contributed by atoms with Crippen LogP contribution < -0.4 is 10.9 Å². The van der Waals surface area contributed by atoms with E-state index >= 15 is 0 Å². The molecular weight excluding hydrogens is 424 g/mol. The first-order valence-electron chi connectivity index (χ1n) is 10.7. The first-order chi connectivity index (χ1) is 15.3. The third-order valence-electron chi connectivity index (χ3n) is 6.15. The molecule has 1 aliphatic heterocycles. The fourth-order valence-corrected chi connectivity index (χ4v) is 4.34. The maximum Gasteiger partial charge on any atom is 0.261 e. The van der Waals surface area contributed by atoms with Crippen LogP contribution in [0.2, 0.25) is 0 Å². The number of likely N-dealkylation sites (tertiary alicyclic amines) is 1. The smallest absolute Gasteiger partial charge is 0.261 e. The SMILES string of the molecule is Cc1cc(C(=O)N2CCCCC2C)ccc1NC(=O)c1ccc2c(=O)n(C)c(=S)[nH]c2c1. The summed E-state index contributed by atoms with van der Waals surface area (Å²) in [5.41, 5.74) is 2.77. The van der Waals surface area contributed by atoms with E-state index in [1.807, 2.05) is 17.9 Å². The summed E-state index contributed by atoms with van der Waals surface area (Å²) in [6.45, 7) is 4.74. The average molecular weight is 451 g/mol. The van der Waals surface area contributed by atoms with Crippen LogP contribution in [0.5, 0.6) is 0 Å². The number of hydrogen-bond acceptors (Lipinski definition) is 4. The Balaban J connectivity index is 1.56. The van der Waals surface area contributed by atoms with Crippen LogP contribution in [0.1, 0.15) is 52.5 Å². The highest BCUT2D eigenvalue weighted by Crippen LogP contribution is 2.23. The molecule has 1 aromatic heterocycles. The number of amides is 2. The van der Waals surface area contributed by atoms with Gasteiger partial charge in [0, 0.05) is 36.4 Å². The third kappa shape index (κ3) is 4.10. The van der Waals surface area contributed by atoms with Gasteiger partial charge in [0.1, 0.15) is 0 Å². The second-order valence-corrected chi connectivity index (χ2v) is 8.77. The molecule has 8 heteroatoms. The number of H-pyrrole nitrogens is 1. The molecule has 0 bridgehead atoms. The Morgan fingerprint density at radius 1 is 1.12 bits per heavy atom. The number of rotatable bonds is 3. The number of aromatic amines is 1. The van der Waals surface area contributed by atoms with Gasteiger partial charge in [0.25, 0.3) is 17.4 Å². The number of fused-ring (bicyclic) bond motifs is 1. The predicted octanol–water partition coefficient (Wildman–Crippen LogP) is 4.17. The molecule has 32 heavy (non-hydrogen) atoms. The molecule has 1 aliphatic rings. The van der Waals surface area contributed by atoms with Gasteiger partial charge in [-0.1, -0.05) is 0 Å². The van der Waals surface area contributed by atoms with Crippen molar-refractivity contribution in [3.8, 4) is 0 Å². The molecule has 166 valence electrons. The highest BCUT2D eigenvalue weighted by atomic mass is 32.1. The lowest BCUT2D eigenvalue weighted by molar-refractivity contribution is 0.0635. The molecule has 1 atom stereocenters. The van der Waals surface area contributed by atoms with E-state index in [0.717, 1.165) is 31.4 Å². The monoisotopic (exact) mass is 450 g/mol. The molecular formula is C24H26N4O3S. The summed E-state index contributed by atoms with van der Waals surface area (Å²) in [6, 6.07) is 10.4. The summed E-state index contributed by atoms with van der Waals surface area (Å²) >= 11 is 5.16. The Bertz CT molecular complexity index is 1340. The first kappa shape index (κ1) is 22.0. The van der Waals surface area contributed by atoms with Crippen molar-refractivity contribution in [1.29, 1.82) is 0 Å². The molecule has 0 aliphatic carbocycles. The van der Waals surface area contributed by atoms with Crippen molar-refractivity contribution in [3.05, 3.63) is 68.2 Å². The van der Waals surface area contributed by atoms with Crippen LogP contribution in [0.25, 0.3) is 10.9 Å². The fraction of sp³-hybridized carbons (Fsp3) is 0.333. The van der Waals surface area contributed by atoms with Crippen LogP contribution in [-0.2, 0) is 7.05 Å². The maximum atomic E-state index is 12.9. The summed E-state index contributed by atoms with van der Waals surface area (Å²) in [5.74, 6) is -0.275. The van der Waals surface area contributed by atoms with Crippen LogP contribution in [0.3, 0.4) is 0 Å². The van der Waals surface area contributed by atoms with E-state index in [4.69, 9.17) is 12.2 Å². The van der Waals surface area contributed by atoms with Crippen LogP contribution in [0.15, 0.2) is 41.2 Å². The van der Waals surface area contributed by atoms with E-state index in [2.05, 4.69) is 17.2 Å². The molecule has 3 aromatic rings. The highest BCUT2D eigenvalue weighted by molar-refractivity contribution is 7.71. The van der Waals surface area contributed by atoms with Crippen LogP contribution in [-0.4, -0.2) is 38.9 Å². The summed E-state index contributed by atoms with van der Waals surface area (Å²) in [6.07, 6.45) is 3.22. The number of carbonyl (C=O) groups excluding carboxylic acids is 2. The van der Waals surface area contributed by atoms with Crippen LogP contribution in [0.4, 0.5) is 5.69 Å². The molecule has 1 fully saturated rings. The summed E-state index contributed by atoms with van der Waals surface area (Å²) in [5, 5.41) is 3.36. The number of benzene rings is 2. The minimum atomic E-state index is -0.307. The van der Waals surface area contributed by atoms with Crippen molar-refractivity contribution >= 4 is 40.6 Å². The minimum absolute atomic E-state index is 0.0320. The zero-order valence-electron chi connectivity index (χ0n) is 18.4. The second-order valence-electron chi connectivity index (χ2n) is 8.38. The molecule has 2 aromatic carbocycles. The highest BCUT2D eigenvalue weighted by Gasteiger charge is 2.24. The van der Waals surface area contributed by atoms with Crippen molar-refractivity contribution in [3.63, 3.8) is 0 Å².